The van der Waals surface area contributed by atoms with Crippen LogP contribution in [-0.4, -0.2) is 34.6 Å². The van der Waals surface area contributed by atoms with Gasteiger partial charge in [-0.15, -0.1) is 0 Å². The molecule has 168 valence electrons. The number of methoxy groups -OCH3 is 4. The first kappa shape index (κ1) is 25.8. The Kier molecular flexibility index (Phi) is 8.73. The Morgan fingerprint density at radius 2 is 0.588 bits per heavy atom. The second-order valence-electron chi connectivity index (χ2n) is 7.83. The van der Waals surface area contributed by atoms with E-state index in [1.807, 2.05) is 72.8 Å². The molecule has 0 N–H and O–H groups in total. The minimum absolute atomic E-state index is 0. The number of hydrogen-bond donors (Lipinski definition) is 0. The summed E-state index contributed by atoms with van der Waals surface area (Å²) in [6.45, 7) is 0. The van der Waals surface area contributed by atoms with Crippen LogP contribution in [0.15, 0.2) is 97.1 Å². The van der Waals surface area contributed by atoms with Crippen molar-refractivity contribution >= 4 is 28.0 Å². The second-order valence-corrected chi connectivity index (χ2v) is 7.83. The van der Waals surface area contributed by atoms with Crippen LogP contribution in [0.3, 0.4) is 0 Å². The van der Waals surface area contributed by atoms with Gasteiger partial charge >= 0.3 is 29.6 Å². The van der Waals surface area contributed by atoms with E-state index < -0.39 is 6.15 Å². The second kappa shape index (κ2) is 11.5. The van der Waals surface area contributed by atoms with Crippen LogP contribution in [0.25, 0.3) is 0 Å². The summed E-state index contributed by atoms with van der Waals surface area (Å²) in [7, 11) is 6.80. The SMILES string of the molecule is COc1ccccc1[B-](c1ccccc1OC)(c1ccccc1OC)c1ccccc1OC.[Na+]. The number of hydrogen-bond acceptors (Lipinski definition) is 4. The van der Waals surface area contributed by atoms with Gasteiger partial charge in [0.15, 0.2) is 0 Å². The average Bonchev–Trinajstić information content (AvgIpc) is 2.90. The molecule has 0 atom stereocenters. The van der Waals surface area contributed by atoms with Crippen LogP contribution in [0.2, 0.25) is 0 Å². The van der Waals surface area contributed by atoms with E-state index in [-0.39, 0.29) is 29.6 Å². The van der Waals surface area contributed by atoms with Crippen LogP contribution >= 0.6 is 0 Å². The molecule has 0 saturated heterocycles. The van der Waals surface area contributed by atoms with Crippen molar-refractivity contribution in [2.45, 2.75) is 0 Å². The van der Waals surface area contributed by atoms with Gasteiger partial charge in [-0.1, -0.05) is 72.8 Å². The van der Waals surface area contributed by atoms with E-state index in [4.69, 9.17) is 18.9 Å². The molecule has 0 unspecified atom stereocenters. The summed E-state index contributed by atoms with van der Waals surface area (Å²) >= 11 is 0. The molecule has 0 spiro atoms. The molecule has 0 saturated carbocycles. The number of benzene rings is 4. The van der Waals surface area contributed by atoms with Gasteiger partial charge < -0.3 is 18.9 Å². The Balaban J connectivity index is 0.00000324. The van der Waals surface area contributed by atoms with Gasteiger partial charge in [-0.2, -0.15) is 21.9 Å². The van der Waals surface area contributed by atoms with E-state index >= 15 is 0 Å². The first-order valence-corrected chi connectivity index (χ1v) is 10.9. The van der Waals surface area contributed by atoms with Crippen molar-refractivity contribution in [2.24, 2.45) is 0 Å². The van der Waals surface area contributed by atoms with E-state index in [1.54, 1.807) is 28.4 Å². The molecule has 34 heavy (non-hydrogen) atoms. The van der Waals surface area contributed by atoms with Gasteiger partial charge in [-0.05, 0) is 24.3 Å². The average molecular weight is 462 g/mol. The molecule has 4 aromatic rings. The Bertz CT molecular complexity index is 1050. The fraction of sp³-hybridized carbons (Fsp3) is 0.143. The summed E-state index contributed by atoms with van der Waals surface area (Å²) in [6, 6.07) is 32.5. The molecule has 0 aliphatic carbocycles. The molecular weight excluding hydrogens is 434 g/mol. The summed E-state index contributed by atoms with van der Waals surface area (Å²) in [6.07, 6.45) is -1.85. The minimum Gasteiger partial charge on any atom is -0.500 e. The third-order valence-electron chi connectivity index (χ3n) is 6.42. The Hall–Kier alpha value is -2.86. The fourth-order valence-corrected chi connectivity index (χ4v) is 5.10. The first-order chi connectivity index (χ1) is 16.2. The van der Waals surface area contributed by atoms with Crippen molar-refractivity contribution in [1.82, 2.24) is 0 Å². The monoisotopic (exact) mass is 462 g/mol. The number of rotatable bonds is 8. The van der Waals surface area contributed by atoms with Gasteiger partial charge in [0.05, 0.1) is 51.4 Å². The fourth-order valence-electron chi connectivity index (χ4n) is 5.10. The molecule has 0 aliphatic rings. The largest absolute Gasteiger partial charge is 1.00 e. The van der Waals surface area contributed by atoms with Crippen LogP contribution in [0, 0.1) is 0 Å². The van der Waals surface area contributed by atoms with E-state index in [0.29, 0.717) is 0 Å². The van der Waals surface area contributed by atoms with E-state index in [0.717, 1.165) is 44.8 Å². The smallest absolute Gasteiger partial charge is 0.500 e. The first-order valence-electron chi connectivity index (χ1n) is 10.9. The molecule has 0 heterocycles. The zero-order chi connectivity index (χ0) is 23.3. The van der Waals surface area contributed by atoms with Crippen molar-refractivity contribution in [1.29, 1.82) is 0 Å². The Morgan fingerprint density at radius 1 is 0.382 bits per heavy atom. The Morgan fingerprint density at radius 3 is 0.794 bits per heavy atom. The molecule has 0 radical (unpaired) electrons. The van der Waals surface area contributed by atoms with Gasteiger partial charge in [-0.3, -0.25) is 0 Å². The maximum Gasteiger partial charge on any atom is 1.00 e. The predicted octanol–water partition coefficient (Wildman–Crippen LogP) is 0.102. The normalized spacial score (nSPS) is 10.7. The van der Waals surface area contributed by atoms with Crippen molar-refractivity contribution in [2.75, 3.05) is 28.4 Å². The van der Waals surface area contributed by atoms with E-state index in [1.165, 1.54) is 0 Å². The van der Waals surface area contributed by atoms with Crippen LogP contribution in [0.5, 0.6) is 23.0 Å². The Labute approximate surface area is 224 Å². The molecule has 4 rings (SSSR count). The number of para-hydroxylation sites is 4. The molecule has 0 aromatic heterocycles. The van der Waals surface area contributed by atoms with Crippen LogP contribution in [0.1, 0.15) is 0 Å². The van der Waals surface area contributed by atoms with Crippen LogP contribution in [0.4, 0.5) is 0 Å². The molecular formula is C28H28BNaO4. The molecule has 0 aliphatic heterocycles. The number of ether oxygens (including phenoxy) is 4. The summed E-state index contributed by atoms with van der Waals surface area (Å²) in [5, 5.41) is 0. The van der Waals surface area contributed by atoms with Gasteiger partial charge in [0.1, 0.15) is 6.15 Å². The maximum atomic E-state index is 5.93. The van der Waals surface area contributed by atoms with Crippen LogP contribution in [-0.2, 0) is 0 Å². The van der Waals surface area contributed by atoms with Gasteiger partial charge in [0, 0.05) is 0 Å². The van der Waals surface area contributed by atoms with Crippen molar-refractivity contribution in [3.8, 4) is 23.0 Å². The predicted molar refractivity (Wildman–Crippen MR) is 136 cm³/mol. The zero-order valence-corrected chi connectivity index (χ0v) is 22.4. The molecule has 0 fully saturated rings. The minimum atomic E-state index is -1.85. The summed E-state index contributed by atoms with van der Waals surface area (Å²) < 4.78 is 23.7. The third-order valence-corrected chi connectivity index (χ3v) is 6.42. The quantitative estimate of drug-likeness (QED) is 0.349. The topological polar surface area (TPSA) is 36.9 Å². The van der Waals surface area contributed by atoms with Gasteiger partial charge in [0.2, 0.25) is 0 Å². The standard InChI is InChI=1S/C28H28BO4.Na/c1-30-25-17-9-5-13-21(25)29(22-14-6-10-18-26(22)31-2,23-15-7-11-19-27(23)32-3)24-16-8-12-20-28(24)33-4;/h5-20H,1-4H3;/q-1;+1. The van der Waals surface area contributed by atoms with Crippen molar-refractivity contribution < 1.29 is 48.5 Å². The molecule has 4 nitrogen and oxygen atoms in total. The molecule has 0 bridgehead atoms. The molecule has 6 heteroatoms. The van der Waals surface area contributed by atoms with Crippen molar-refractivity contribution in [3.63, 3.8) is 0 Å². The summed E-state index contributed by atoms with van der Waals surface area (Å²) in [5.41, 5.74) is 4.05. The van der Waals surface area contributed by atoms with Gasteiger partial charge in [0.25, 0.3) is 0 Å². The molecule has 4 aromatic carbocycles. The van der Waals surface area contributed by atoms with Crippen molar-refractivity contribution in [3.05, 3.63) is 97.1 Å². The van der Waals surface area contributed by atoms with Crippen LogP contribution < -0.4 is 70.4 Å². The summed E-state index contributed by atoms with van der Waals surface area (Å²) in [5.74, 6) is 3.11. The van der Waals surface area contributed by atoms with Gasteiger partial charge in [-0.25, -0.2) is 0 Å². The third kappa shape index (κ3) is 4.32. The maximum absolute atomic E-state index is 5.93. The van der Waals surface area contributed by atoms with E-state index in [9.17, 15) is 0 Å². The zero-order valence-electron chi connectivity index (χ0n) is 20.4. The molecule has 0 amide bonds. The summed E-state index contributed by atoms with van der Waals surface area (Å²) in [4.78, 5) is 0. The van der Waals surface area contributed by atoms with E-state index in [2.05, 4.69) is 24.3 Å².